The van der Waals surface area contributed by atoms with E-state index in [9.17, 15) is 9.90 Å². The summed E-state index contributed by atoms with van der Waals surface area (Å²) in [5, 5.41) is 12.7. The third-order valence-electron chi connectivity index (χ3n) is 3.98. The van der Waals surface area contributed by atoms with Gasteiger partial charge in [0.2, 0.25) is 0 Å². The summed E-state index contributed by atoms with van der Waals surface area (Å²) in [4.78, 5) is 12.4. The van der Waals surface area contributed by atoms with Crippen LogP contribution >= 0.6 is 0 Å². The molecule has 3 aromatic rings. The van der Waals surface area contributed by atoms with Crippen molar-refractivity contribution in [2.24, 2.45) is 0 Å². The standard InChI is InChI=1S/C21H22O4Se/c1-2-3-10-26-11-9-24-16-12-17(22)21-18(23)14-19(25-20(21)13-16)15-7-5-4-6-8-15/h4-8,12-14,22H,2-3,9-11H2,1H3. The first-order valence-electron chi connectivity index (χ1n) is 8.76. The molecule has 0 radical (unpaired) electrons. The fraction of sp³-hybridized carbons (Fsp3) is 0.286. The predicted molar refractivity (Wildman–Crippen MR) is 105 cm³/mol. The van der Waals surface area contributed by atoms with E-state index in [0.29, 0.717) is 38.7 Å². The number of aromatic hydroxyl groups is 1. The topological polar surface area (TPSA) is 59.7 Å². The molecule has 0 bridgehead atoms. The molecular formula is C21H22O4Se. The van der Waals surface area contributed by atoms with Crippen LogP contribution in [0, 0.1) is 0 Å². The van der Waals surface area contributed by atoms with E-state index in [-0.39, 0.29) is 16.6 Å². The van der Waals surface area contributed by atoms with Crippen LogP contribution in [0.15, 0.2) is 57.7 Å². The molecule has 26 heavy (non-hydrogen) atoms. The van der Waals surface area contributed by atoms with Gasteiger partial charge in [0.1, 0.15) is 0 Å². The number of phenolic OH excluding ortho intramolecular Hbond substituents is 1. The van der Waals surface area contributed by atoms with Crippen molar-refractivity contribution in [3.8, 4) is 22.8 Å². The van der Waals surface area contributed by atoms with E-state index in [4.69, 9.17) is 9.15 Å². The number of ether oxygens (including phenoxy) is 1. The zero-order valence-electron chi connectivity index (χ0n) is 14.7. The summed E-state index contributed by atoms with van der Waals surface area (Å²) in [7, 11) is 0. The number of phenols is 1. The molecule has 0 spiro atoms. The van der Waals surface area contributed by atoms with Crippen molar-refractivity contribution in [1.29, 1.82) is 0 Å². The average Bonchev–Trinajstić information content (AvgIpc) is 2.64. The van der Waals surface area contributed by atoms with E-state index in [1.165, 1.54) is 30.3 Å². The van der Waals surface area contributed by atoms with Crippen molar-refractivity contribution < 1.29 is 14.3 Å². The summed E-state index contributed by atoms with van der Waals surface area (Å²) in [5.41, 5.74) is 0.885. The molecule has 1 heterocycles. The molecule has 0 saturated heterocycles. The van der Waals surface area contributed by atoms with Gasteiger partial charge in [-0.25, -0.2) is 0 Å². The van der Waals surface area contributed by atoms with Crippen LogP contribution in [0.3, 0.4) is 0 Å². The Morgan fingerprint density at radius 1 is 1.12 bits per heavy atom. The normalized spacial score (nSPS) is 11.0. The fourth-order valence-corrected chi connectivity index (χ4v) is 4.52. The van der Waals surface area contributed by atoms with Crippen LogP contribution in [0.4, 0.5) is 0 Å². The minimum atomic E-state index is -0.267. The van der Waals surface area contributed by atoms with E-state index >= 15 is 0 Å². The van der Waals surface area contributed by atoms with Crippen molar-refractivity contribution in [2.75, 3.05) is 6.61 Å². The summed E-state index contributed by atoms with van der Waals surface area (Å²) in [6.45, 7) is 2.80. The van der Waals surface area contributed by atoms with Crippen LogP contribution < -0.4 is 10.2 Å². The zero-order valence-corrected chi connectivity index (χ0v) is 16.4. The summed E-state index contributed by atoms with van der Waals surface area (Å²) in [6.07, 6.45) is 2.49. The number of hydrogen-bond donors (Lipinski definition) is 1. The summed E-state index contributed by atoms with van der Waals surface area (Å²) in [6, 6.07) is 14.0. The zero-order chi connectivity index (χ0) is 18.4. The van der Waals surface area contributed by atoms with Gasteiger partial charge < -0.3 is 0 Å². The van der Waals surface area contributed by atoms with Gasteiger partial charge in [-0.2, -0.15) is 0 Å². The average molecular weight is 417 g/mol. The second-order valence-corrected chi connectivity index (χ2v) is 8.54. The molecule has 0 aliphatic heterocycles. The second-order valence-electron chi connectivity index (χ2n) is 5.97. The molecule has 0 amide bonds. The number of hydrogen-bond acceptors (Lipinski definition) is 4. The van der Waals surface area contributed by atoms with Crippen LogP contribution in [0.25, 0.3) is 22.3 Å². The molecule has 4 nitrogen and oxygen atoms in total. The Kier molecular flexibility index (Phi) is 6.37. The summed E-state index contributed by atoms with van der Waals surface area (Å²) < 4.78 is 11.6. The molecule has 0 aliphatic carbocycles. The van der Waals surface area contributed by atoms with Crippen molar-refractivity contribution in [2.45, 2.75) is 30.4 Å². The van der Waals surface area contributed by atoms with Gasteiger partial charge in [-0.15, -0.1) is 0 Å². The van der Waals surface area contributed by atoms with Gasteiger partial charge >= 0.3 is 159 Å². The molecule has 0 saturated carbocycles. The predicted octanol–water partition coefficient (Wildman–Crippen LogP) is 4.89. The Labute approximate surface area is 159 Å². The molecule has 0 fully saturated rings. The molecule has 0 unspecified atom stereocenters. The van der Waals surface area contributed by atoms with Crippen molar-refractivity contribution in [1.82, 2.24) is 0 Å². The SMILES string of the molecule is CCCC[Se]CCOc1cc(O)c2c(=O)cc(-c3ccccc3)oc2c1. The van der Waals surface area contributed by atoms with E-state index in [1.54, 1.807) is 6.07 Å². The second kappa shape index (κ2) is 8.93. The molecule has 3 rings (SSSR count). The minimum absolute atomic E-state index is 0.109. The van der Waals surface area contributed by atoms with E-state index in [2.05, 4.69) is 6.92 Å². The Morgan fingerprint density at radius 2 is 1.92 bits per heavy atom. The molecule has 136 valence electrons. The number of unbranched alkanes of at least 4 members (excludes halogenated alkanes) is 1. The van der Waals surface area contributed by atoms with Gasteiger partial charge in [0.05, 0.1) is 0 Å². The third kappa shape index (κ3) is 4.48. The Hall–Kier alpha value is -2.23. The summed E-state index contributed by atoms with van der Waals surface area (Å²) >= 11 is 0.585. The summed E-state index contributed by atoms with van der Waals surface area (Å²) in [5.74, 6) is 0.888. The number of rotatable bonds is 8. The first kappa shape index (κ1) is 18.6. The molecular weight excluding hydrogens is 395 g/mol. The third-order valence-corrected chi connectivity index (χ3v) is 6.15. The first-order chi connectivity index (χ1) is 12.7. The molecule has 1 aromatic heterocycles. The molecule has 0 atom stereocenters. The first-order valence-corrected chi connectivity index (χ1v) is 11.2. The maximum absolute atomic E-state index is 12.4. The van der Waals surface area contributed by atoms with Gasteiger partial charge in [0.25, 0.3) is 0 Å². The van der Waals surface area contributed by atoms with E-state index in [1.807, 2.05) is 30.3 Å². The van der Waals surface area contributed by atoms with Gasteiger partial charge in [-0.05, 0) is 0 Å². The van der Waals surface area contributed by atoms with Gasteiger partial charge in [-0.1, -0.05) is 0 Å². The fourth-order valence-electron chi connectivity index (χ4n) is 2.64. The van der Waals surface area contributed by atoms with Gasteiger partial charge in [-0.3, -0.25) is 0 Å². The van der Waals surface area contributed by atoms with E-state index < -0.39 is 0 Å². The van der Waals surface area contributed by atoms with Crippen molar-refractivity contribution in [3.05, 3.63) is 58.8 Å². The van der Waals surface area contributed by atoms with Crippen LogP contribution in [0.1, 0.15) is 19.8 Å². The molecule has 2 aromatic carbocycles. The Morgan fingerprint density at radius 3 is 2.69 bits per heavy atom. The van der Waals surface area contributed by atoms with E-state index in [0.717, 1.165) is 10.9 Å². The molecule has 0 aliphatic rings. The van der Waals surface area contributed by atoms with Gasteiger partial charge in [0, 0.05) is 0 Å². The number of benzene rings is 2. The van der Waals surface area contributed by atoms with Gasteiger partial charge in [0.15, 0.2) is 0 Å². The van der Waals surface area contributed by atoms with Crippen LogP contribution in [-0.4, -0.2) is 26.7 Å². The van der Waals surface area contributed by atoms with Crippen molar-refractivity contribution >= 4 is 25.9 Å². The quantitative estimate of drug-likeness (QED) is 0.419. The molecule has 5 heteroatoms. The molecule has 1 N–H and O–H groups in total. The van der Waals surface area contributed by atoms with Crippen LogP contribution in [-0.2, 0) is 0 Å². The van der Waals surface area contributed by atoms with Crippen molar-refractivity contribution in [3.63, 3.8) is 0 Å². The Balaban J connectivity index is 1.83. The monoisotopic (exact) mass is 418 g/mol. The number of fused-ring (bicyclic) bond motifs is 1. The maximum atomic E-state index is 12.4. The van der Waals surface area contributed by atoms with Crippen LogP contribution in [0.5, 0.6) is 11.5 Å². The Bertz CT molecular complexity index is 918. The van der Waals surface area contributed by atoms with Crippen LogP contribution in [0.2, 0.25) is 10.6 Å².